The van der Waals surface area contributed by atoms with Crippen molar-refractivity contribution in [3.05, 3.63) is 48.0 Å². The maximum atomic E-state index is 12.8. The van der Waals surface area contributed by atoms with Gasteiger partial charge in [-0.1, -0.05) is 18.2 Å². The lowest BCUT2D eigenvalue weighted by atomic mass is 10.0. The summed E-state index contributed by atoms with van der Waals surface area (Å²) in [5.41, 5.74) is 1.36. The van der Waals surface area contributed by atoms with Crippen molar-refractivity contribution in [3.8, 4) is 11.5 Å². The van der Waals surface area contributed by atoms with Gasteiger partial charge in [0.2, 0.25) is 5.91 Å². The molecule has 0 unspecified atom stereocenters. The van der Waals surface area contributed by atoms with Crippen LogP contribution in [0.15, 0.2) is 42.5 Å². The zero-order chi connectivity index (χ0) is 22.9. The number of anilines is 2. The number of benzene rings is 2. The second kappa shape index (κ2) is 8.82. The third kappa shape index (κ3) is 4.29. The number of carbonyl (C=O) groups is 2. The first-order valence-electron chi connectivity index (χ1n) is 10.7. The Labute approximate surface area is 187 Å². The van der Waals surface area contributed by atoms with E-state index in [-0.39, 0.29) is 35.7 Å². The second-order valence-corrected chi connectivity index (χ2v) is 10.0. The average molecular weight is 459 g/mol. The van der Waals surface area contributed by atoms with E-state index >= 15 is 0 Å². The van der Waals surface area contributed by atoms with Gasteiger partial charge in [0.1, 0.15) is 11.5 Å². The number of rotatable bonds is 7. The van der Waals surface area contributed by atoms with Crippen LogP contribution in [0, 0.1) is 5.92 Å². The number of hydrogen-bond donors (Lipinski definition) is 1. The summed E-state index contributed by atoms with van der Waals surface area (Å²) in [6.45, 7) is 4.31. The minimum atomic E-state index is -3.19. The van der Waals surface area contributed by atoms with E-state index in [1.165, 1.54) is 4.90 Å². The van der Waals surface area contributed by atoms with E-state index in [2.05, 4.69) is 5.32 Å². The first-order chi connectivity index (χ1) is 15.3. The zero-order valence-corrected chi connectivity index (χ0v) is 18.9. The van der Waals surface area contributed by atoms with Gasteiger partial charge in [-0.2, -0.15) is 0 Å². The van der Waals surface area contributed by atoms with Crippen molar-refractivity contribution in [2.75, 3.05) is 34.9 Å². The van der Waals surface area contributed by atoms with Crippen LogP contribution < -0.4 is 19.7 Å². The summed E-state index contributed by atoms with van der Waals surface area (Å²) < 4.78 is 35.9. The van der Waals surface area contributed by atoms with Gasteiger partial charge < -0.3 is 19.7 Å². The van der Waals surface area contributed by atoms with Gasteiger partial charge >= 0.3 is 0 Å². The summed E-state index contributed by atoms with van der Waals surface area (Å²) in [5.74, 6) is 0.0546. The van der Waals surface area contributed by atoms with E-state index in [1.807, 2.05) is 19.9 Å². The number of nitrogens with one attached hydrogen (secondary N) is 1. The Bertz CT molecular complexity index is 1130. The number of nitrogens with zero attached hydrogens (tertiary/aromatic N) is 1. The fourth-order valence-corrected chi connectivity index (χ4v) is 6.44. The van der Waals surface area contributed by atoms with Crippen molar-refractivity contribution in [1.29, 1.82) is 0 Å². The lowest BCUT2D eigenvalue weighted by molar-refractivity contribution is -0.117. The van der Waals surface area contributed by atoms with Gasteiger partial charge in [-0.15, -0.1) is 0 Å². The van der Waals surface area contributed by atoms with Crippen LogP contribution in [0.25, 0.3) is 0 Å². The van der Waals surface area contributed by atoms with E-state index in [0.29, 0.717) is 41.7 Å². The fraction of sp³-hybridized carbons (Fsp3) is 0.391. The van der Waals surface area contributed by atoms with Crippen molar-refractivity contribution in [2.45, 2.75) is 26.3 Å². The van der Waals surface area contributed by atoms with Crippen molar-refractivity contribution >= 4 is 33.0 Å². The Morgan fingerprint density at radius 2 is 1.75 bits per heavy atom. The quantitative estimate of drug-likeness (QED) is 0.685. The minimum absolute atomic E-state index is 0.0212. The van der Waals surface area contributed by atoms with Crippen LogP contribution in [0.3, 0.4) is 0 Å². The molecule has 2 aromatic rings. The molecule has 2 atom stereocenters. The number of hydrogen-bond acceptors (Lipinski definition) is 6. The number of ether oxygens (including phenoxy) is 2. The van der Waals surface area contributed by atoms with Crippen LogP contribution in [-0.4, -0.2) is 51.0 Å². The predicted octanol–water partition coefficient (Wildman–Crippen LogP) is 2.89. The molecule has 170 valence electrons. The Hall–Kier alpha value is -3.07. The molecule has 2 heterocycles. The van der Waals surface area contributed by atoms with Crippen LogP contribution >= 0.6 is 0 Å². The van der Waals surface area contributed by atoms with E-state index < -0.39 is 15.9 Å². The van der Waals surface area contributed by atoms with Crippen LogP contribution in [0.4, 0.5) is 11.4 Å². The number of fused-ring (bicyclic) bond motifs is 1. The third-order valence-electron chi connectivity index (χ3n) is 5.68. The molecule has 32 heavy (non-hydrogen) atoms. The SMILES string of the molecule is CCOc1cc(N2C(=O)C[C@@H]3CS(=O)(=O)C[C@H]32)c(OCC)cc1NC(=O)c1ccccc1. The minimum Gasteiger partial charge on any atom is -0.492 e. The number of sulfone groups is 1. The maximum Gasteiger partial charge on any atom is 0.255 e. The Balaban J connectivity index is 1.74. The Morgan fingerprint density at radius 1 is 1.06 bits per heavy atom. The van der Waals surface area contributed by atoms with Gasteiger partial charge in [0.05, 0.1) is 42.1 Å². The van der Waals surface area contributed by atoms with Crippen molar-refractivity contribution in [3.63, 3.8) is 0 Å². The maximum absolute atomic E-state index is 12.8. The molecule has 0 aromatic heterocycles. The van der Waals surface area contributed by atoms with Gasteiger partial charge in [0.25, 0.3) is 5.91 Å². The summed E-state index contributed by atoms with van der Waals surface area (Å²) >= 11 is 0. The fourth-order valence-electron chi connectivity index (χ4n) is 4.37. The van der Waals surface area contributed by atoms with E-state index in [4.69, 9.17) is 9.47 Å². The van der Waals surface area contributed by atoms with Gasteiger partial charge in [-0.25, -0.2) is 8.42 Å². The number of amides is 2. The molecule has 0 aliphatic carbocycles. The predicted molar refractivity (Wildman–Crippen MR) is 121 cm³/mol. The summed E-state index contributed by atoms with van der Waals surface area (Å²) in [5, 5.41) is 2.86. The summed E-state index contributed by atoms with van der Waals surface area (Å²) in [6.07, 6.45) is 0.186. The van der Waals surface area contributed by atoms with Gasteiger partial charge in [-0.3, -0.25) is 9.59 Å². The van der Waals surface area contributed by atoms with Crippen molar-refractivity contribution in [2.24, 2.45) is 5.92 Å². The lowest BCUT2D eigenvalue weighted by Gasteiger charge is -2.27. The molecule has 2 aromatic carbocycles. The third-order valence-corrected chi connectivity index (χ3v) is 7.46. The van der Waals surface area contributed by atoms with Gasteiger partial charge in [-0.05, 0) is 26.0 Å². The molecule has 2 saturated heterocycles. The molecule has 0 saturated carbocycles. The Morgan fingerprint density at radius 3 is 2.44 bits per heavy atom. The van der Waals surface area contributed by atoms with Crippen LogP contribution in [-0.2, 0) is 14.6 Å². The average Bonchev–Trinajstić information content (AvgIpc) is 3.20. The molecule has 2 amide bonds. The van der Waals surface area contributed by atoms with Gasteiger partial charge in [0.15, 0.2) is 9.84 Å². The van der Waals surface area contributed by atoms with E-state index in [9.17, 15) is 18.0 Å². The van der Waals surface area contributed by atoms with E-state index in [0.717, 1.165) is 0 Å². The van der Waals surface area contributed by atoms with E-state index in [1.54, 1.807) is 36.4 Å². The number of carbonyl (C=O) groups excluding carboxylic acids is 2. The van der Waals surface area contributed by atoms with Gasteiger partial charge in [0, 0.05) is 30.0 Å². The smallest absolute Gasteiger partial charge is 0.255 e. The topological polar surface area (TPSA) is 102 Å². The molecule has 8 nitrogen and oxygen atoms in total. The van der Waals surface area contributed by atoms with Crippen LogP contribution in [0.5, 0.6) is 11.5 Å². The largest absolute Gasteiger partial charge is 0.492 e. The molecule has 0 bridgehead atoms. The standard InChI is InChI=1S/C23H26N2O6S/c1-3-30-20-12-18(25-19-14-32(28,29)13-16(19)10-22(25)26)21(31-4-2)11-17(20)24-23(27)15-8-6-5-7-9-15/h5-9,11-12,16,19H,3-4,10,13-14H2,1-2H3,(H,24,27)/t16-,19-/m1/s1. The van der Waals surface area contributed by atoms with Crippen LogP contribution in [0.2, 0.25) is 0 Å². The normalized spacial score (nSPS) is 21.3. The zero-order valence-electron chi connectivity index (χ0n) is 18.0. The molecule has 0 spiro atoms. The highest BCUT2D eigenvalue weighted by Gasteiger charge is 2.50. The molecular weight excluding hydrogens is 432 g/mol. The van der Waals surface area contributed by atoms with Crippen molar-refractivity contribution in [1.82, 2.24) is 0 Å². The molecule has 0 radical (unpaired) electrons. The van der Waals surface area contributed by atoms with Crippen molar-refractivity contribution < 1.29 is 27.5 Å². The Kier molecular flexibility index (Phi) is 6.10. The molecule has 2 aliphatic rings. The highest BCUT2D eigenvalue weighted by atomic mass is 32.2. The highest BCUT2D eigenvalue weighted by Crippen LogP contribution is 2.45. The molecule has 9 heteroatoms. The second-order valence-electron chi connectivity index (χ2n) is 7.87. The molecule has 1 N–H and O–H groups in total. The first-order valence-corrected chi connectivity index (χ1v) is 12.5. The highest BCUT2D eigenvalue weighted by molar-refractivity contribution is 7.91. The molecule has 4 rings (SSSR count). The lowest BCUT2D eigenvalue weighted by Crippen LogP contribution is -2.36. The summed E-state index contributed by atoms with van der Waals surface area (Å²) in [6, 6.07) is 11.7. The summed E-state index contributed by atoms with van der Waals surface area (Å²) in [7, 11) is -3.19. The molecule has 2 fully saturated rings. The monoisotopic (exact) mass is 458 g/mol. The van der Waals surface area contributed by atoms with Crippen LogP contribution in [0.1, 0.15) is 30.6 Å². The first kappa shape index (κ1) is 22.1. The molecular formula is C23H26N2O6S. The summed E-state index contributed by atoms with van der Waals surface area (Å²) in [4.78, 5) is 27.1. The molecule has 2 aliphatic heterocycles.